The zero-order valence-electron chi connectivity index (χ0n) is 9.76. The molecule has 7 heteroatoms. The van der Waals surface area contributed by atoms with E-state index in [1.54, 1.807) is 0 Å². The van der Waals surface area contributed by atoms with E-state index in [4.69, 9.17) is 0 Å². The number of ether oxygens (including phenoxy) is 1. The predicted molar refractivity (Wildman–Crippen MR) is 57.5 cm³/mol. The van der Waals surface area contributed by atoms with Crippen LogP contribution < -0.4 is 5.32 Å². The summed E-state index contributed by atoms with van der Waals surface area (Å²) in [6.45, 7) is 0.192. The first-order valence-electron chi connectivity index (χ1n) is 5.62. The zero-order valence-corrected chi connectivity index (χ0v) is 9.76. The fourth-order valence-electron chi connectivity index (χ4n) is 1.79. The molecule has 104 valence electrons. The van der Waals surface area contributed by atoms with Gasteiger partial charge in [0.05, 0.1) is 6.42 Å². The van der Waals surface area contributed by atoms with Crippen LogP contribution in [0.2, 0.25) is 0 Å². The number of alkyl halides is 2. The molecule has 1 unspecified atom stereocenters. The summed E-state index contributed by atoms with van der Waals surface area (Å²) in [5.41, 5.74) is 0.468. The lowest BCUT2D eigenvalue weighted by Crippen LogP contribution is -2.26. The van der Waals surface area contributed by atoms with Crippen LogP contribution in [0, 0.1) is 11.6 Å². The normalized spacial score (nSPS) is 21.5. The molecule has 0 aromatic heterocycles. The van der Waals surface area contributed by atoms with Gasteiger partial charge in [-0.25, -0.2) is 13.6 Å². The average molecular weight is 277 g/mol. The van der Waals surface area contributed by atoms with E-state index in [1.165, 1.54) is 6.07 Å². The van der Waals surface area contributed by atoms with Crippen LogP contribution in [0.4, 0.5) is 17.6 Å². The molecule has 0 spiro atoms. The Morgan fingerprint density at radius 2 is 2.05 bits per heavy atom. The van der Waals surface area contributed by atoms with Crippen molar-refractivity contribution in [3.05, 3.63) is 35.4 Å². The Labute approximate surface area is 106 Å². The number of cyclic esters (lactones) is 1. The van der Waals surface area contributed by atoms with Crippen molar-refractivity contribution < 1.29 is 27.1 Å². The molecule has 1 saturated heterocycles. The van der Waals surface area contributed by atoms with Crippen molar-refractivity contribution >= 4 is 5.97 Å². The largest absolute Gasteiger partial charge is 0.456 e. The Balaban J connectivity index is 1.81. The number of carbonyl (C=O) groups excluding carboxylic acids is 1. The van der Waals surface area contributed by atoms with E-state index in [9.17, 15) is 22.4 Å². The van der Waals surface area contributed by atoms with E-state index >= 15 is 0 Å². The van der Waals surface area contributed by atoms with Crippen molar-refractivity contribution in [2.75, 3.05) is 6.54 Å². The van der Waals surface area contributed by atoms with Gasteiger partial charge in [-0.15, -0.1) is 0 Å². The molecular formula is C12H11F4NO2. The summed E-state index contributed by atoms with van der Waals surface area (Å²) in [5, 5.41) is 2.75. The molecule has 1 aliphatic rings. The first-order chi connectivity index (χ1) is 8.88. The summed E-state index contributed by atoms with van der Waals surface area (Å²) in [6.07, 6.45) is -1.58. The van der Waals surface area contributed by atoms with Gasteiger partial charge < -0.3 is 10.1 Å². The standard InChI is InChI=1S/C12H11F4NO2/c13-9-2-1-7(3-10(9)14)5-17-6-8-4-12(15,16)11(18)19-8/h1-3,8,17H,4-6H2. The van der Waals surface area contributed by atoms with E-state index in [1.807, 2.05) is 0 Å². The topological polar surface area (TPSA) is 38.3 Å². The van der Waals surface area contributed by atoms with Gasteiger partial charge in [-0.3, -0.25) is 0 Å². The molecule has 0 aliphatic carbocycles. The fraction of sp³-hybridized carbons (Fsp3) is 0.417. The second kappa shape index (κ2) is 5.16. The molecule has 19 heavy (non-hydrogen) atoms. The smallest absolute Gasteiger partial charge is 0.377 e. The molecule has 1 heterocycles. The Kier molecular flexibility index (Phi) is 3.75. The SMILES string of the molecule is O=C1OC(CNCc2ccc(F)c(F)c2)CC1(F)F. The minimum atomic E-state index is -3.44. The number of nitrogens with one attached hydrogen (secondary N) is 1. The molecule has 2 rings (SSSR count). The van der Waals surface area contributed by atoms with Gasteiger partial charge in [0.2, 0.25) is 0 Å². The van der Waals surface area contributed by atoms with Crippen molar-refractivity contribution in [1.29, 1.82) is 0 Å². The van der Waals surface area contributed by atoms with Crippen LogP contribution in [0.25, 0.3) is 0 Å². The molecule has 1 atom stereocenters. The van der Waals surface area contributed by atoms with Gasteiger partial charge in [-0.1, -0.05) is 6.07 Å². The van der Waals surface area contributed by atoms with Crippen molar-refractivity contribution in [1.82, 2.24) is 5.32 Å². The minimum Gasteiger partial charge on any atom is -0.456 e. The summed E-state index contributed by atoms with van der Waals surface area (Å²) < 4.78 is 55.7. The van der Waals surface area contributed by atoms with Crippen LogP contribution in [-0.4, -0.2) is 24.5 Å². The first kappa shape index (κ1) is 13.8. The lowest BCUT2D eigenvalue weighted by molar-refractivity contribution is -0.159. The monoisotopic (exact) mass is 277 g/mol. The second-order valence-electron chi connectivity index (χ2n) is 4.32. The quantitative estimate of drug-likeness (QED) is 0.676. The third-order valence-corrected chi connectivity index (χ3v) is 2.74. The number of rotatable bonds is 4. The van der Waals surface area contributed by atoms with Crippen molar-refractivity contribution in [3.8, 4) is 0 Å². The van der Waals surface area contributed by atoms with Gasteiger partial charge in [0.1, 0.15) is 6.10 Å². The van der Waals surface area contributed by atoms with Crippen LogP contribution in [-0.2, 0) is 16.1 Å². The molecule has 0 saturated carbocycles. The number of carbonyl (C=O) groups is 1. The van der Waals surface area contributed by atoms with E-state index in [2.05, 4.69) is 10.1 Å². The lowest BCUT2D eigenvalue weighted by atomic mass is 10.2. The van der Waals surface area contributed by atoms with E-state index in [0.29, 0.717) is 5.56 Å². The summed E-state index contributed by atoms with van der Waals surface area (Å²) in [5.74, 6) is -6.88. The van der Waals surface area contributed by atoms with Crippen molar-refractivity contribution in [2.45, 2.75) is 25.0 Å². The highest BCUT2D eigenvalue weighted by molar-refractivity contribution is 5.79. The molecule has 1 aliphatic heterocycles. The molecule has 0 bridgehead atoms. The summed E-state index contributed by atoms with van der Waals surface area (Å²) in [7, 11) is 0. The minimum absolute atomic E-state index is 0.0281. The fourth-order valence-corrected chi connectivity index (χ4v) is 1.79. The molecule has 1 aromatic carbocycles. The highest BCUT2D eigenvalue weighted by Crippen LogP contribution is 2.30. The molecule has 0 amide bonds. The number of hydrogen-bond donors (Lipinski definition) is 1. The maximum absolute atomic E-state index is 12.9. The van der Waals surface area contributed by atoms with Crippen molar-refractivity contribution in [2.24, 2.45) is 0 Å². The molecule has 1 aromatic rings. The lowest BCUT2D eigenvalue weighted by Gasteiger charge is -2.10. The van der Waals surface area contributed by atoms with Gasteiger partial charge in [0, 0.05) is 13.1 Å². The zero-order chi connectivity index (χ0) is 14.0. The Hall–Kier alpha value is -1.63. The summed E-state index contributed by atoms with van der Waals surface area (Å²) in [6, 6.07) is 3.37. The number of benzene rings is 1. The van der Waals surface area contributed by atoms with Gasteiger partial charge >= 0.3 is 11.9 Å². The van der Waals surface area contributed by atoms with Crippen LogP contribution in [0.1, 0.15) is 12.0 Å². The number of esters is 1. The maximum atomic E-state index is 12.9. The third kappa shape index (κ3) is 3.23. The van der Waals surface area contributed by atoms with E-state index in [-0.39, 0.29) is 13.1 Å². The van der Waals surface area contributed by atoms with Gasteiger partial charge in [0.25, 0.3) is 0 Å². The molecule has 1 N–H and O–H groups in total. The predicted octanol–water partition coefficient (Wildman–Crippen LogP) is 2.01. The molecule has 0 radical (unpaired) electrons. The Morgan fingerprint density at radius 3 is 2.63 bits per heavy atom. The van der Waals surface area contributed by atoms with E-state index in [0.717, 1.165) is 12.1 Å². The van der Waals surface area contributed by atoms with Crippen LogP contribution >= 0.6 is 0 Å². The van der Waals surface area contributed by atoms with Gasteiger partial charge in [-0.05, 0) is 17.7 Å². The summed E-state index contributed by atoms with van der Waals surface area (Å²) in [4.78, 5) is 10.7. The highest BCUT2D eigenvalue weighted by Gasteiger charge is 2.50. The average Bonchev–Trinajstić information content (AvgIpc) is 2.58. The highest BCUT2D eigenvalue weighted by atomic mass is 19.3. The van der Waals surface area contributed by atoms with Crippen LogP contribution in [0.3, 0.4) is 0 Å². The Bertz CT molecular complexity index is 493. The maximum Gasteiger partial charge on any atom is 0.377 e. The van der Waals surface area contributed by atoms with Gasteiger partial charge in [0.15, 0.2) is 11.6 Å². The molecule has 1 fully saturated rings. The number of hydrogen-bond acceptors (Lipinski definition) is 3. The second-order valence-corrected chi connectivity index (χ2v) is 4.32. The number of halogens is 4. The molecular weight excluding hydrogens is 266 g/mol. The first-order valence-corrected chi connectivity index (χ1v) is 5.62. The van der Waals surface area contributed by atoms with Crippen molar-refractivity contribution in [3.63, 3.8) is 0 Å². The van der Waals surface area contributed by atoms with E-state index < -0.39 is 36.1 Å². The van der Waals surface area contributed by atoms with Crippen LogP contribution in [0.5, 0.6) is 0 Å². The molecule has 3 nitrogen and oxygen atoms in total. The summed E-state index contributed by atoms with van der Waals surface area (Å²) >= 11 is 0. The third-order valence-electron chi connectivity index (χ3n) is 2.74. The van der Waals surface area contributed by atoms with Gasteiger partial charge in [-0.2, -0.15) is 8.78 Å². The van der Waals surface area contributed by atoms with Crippen LogP contribution in [0.15, 0.2) is 18.2 Å². The Morgan fingerprint density at radius 1 is 1.32 bits per heavy atom.